The largest absolute Gasteiger partial charge is 0.378 e. The maximum absolute atomic E-state index is 12.1. The van der Waals surface area contributed by atoms with Gasteiger partial charge in [0.15, 0.2) is 0 Å². The molecule has 0 radical (unpaired) electrons. The maximum atomic E-state index is 12.1. The van der Waals surface area contributed by atoms with Crippen molar-refractivity contribution in [3.05, 3.63) is 69.2 Å². The highest BCUT2D eigenvalue weighted by Gasteiger charge is 2.02. The number of anilines is 1. The molecule has 0 unspecified atom stereocenters. The van der Waals surface area contributed by atoms with Crippen LogP contribution in [-0.4, -0.2) is 24.1 Å². The molecule has 23 heavy (non-hydrogen) atoms. The summed E-state index contributed by atoms with van der Waals surface area (Å²) in [5, 5.41) is 1.09. The van der Waals surface area contributed by atoms with Crippen LogP contribution in [0, 0.1) is 0 Å². The number of nitrogens with zero attached hydrogens (tertiary/aromatic N) is 2. The summed E-state index contributed by atoms with van der Waals surface area (Å²) < 4.78 is 0. The summed E-state index contributed by atoms with van der Waals surface area (Å²) >= 11 is 5.96. The molecular weight excluding hydrogens is 310 g/mol. The Bertz CT molecular complexity index is 927. The molecule has 0 atom stereocenters. The molecule has 0 aliphatic heterocycles. The predicted molar refractivity (Wildman–Crippen MR) is 97.1 cm³/mol. The predicted octanol–water partition coefficient (Wildman–Crippen LogP) is 3.81. The first-order chi connectivity index (χ1) is 11.0. The summed E-state index contributed by atoms with van der Waals surface area (Å²) in [6.45, 7) is 0. The van der Waals surface area contributed by atoms with E-state index in [-0.39, 0.29) is 5.56 Å². The zero-order valence-corrected chi connectivity index (χ0v) is 13.6. The molecule has 0 bridgehead atoms. The average molecular weight is 326 g/mol. The van der Waals surface area contributed by atoms with Crippen molar-refractivity contribution >= 4 is 40.3 Å². The monoisotopic (exact) mass is 325 g/mol. The van der Waals surface area contributed by atoms with Crippen molar-refractivity contribution in [2.75, 3.05) is 19.0 Å². The van der Waals surface area contributed by atoms with Crippen LogP contribution in [0.4, 0.5) is 5.69 Å². The van der Waals surface area contributed by atoms with Crippen molar-refractivity contribution in [3.8, 4) is 0 Å². The number of nitrogens with one attached hydrogen (secondary N) is 1. The van der Waals surface area contributed by atoms with Crippen molar-refractivity contribution in [1.29, 1.82) is 0 Å². The van der Waals surface area contributed by atoms with Crippen molar-refractivity contribution in [2.45, 2.75) is 0 Å². The Morgan fingerprint density at radius 1 is 1.09 bits per heavy atom. The van der Waals surface area contributed by atoms with E-state index in [4.69, 9.17) is 11.6 Å². The molecule has 0 aliphatic carbocycles. The zero-order chi connectivity index (χ0) is 16.4. The minimum absolute atomic E-state index is 0.172. The third-order valence-corrected chi connectivity index (χ3v) is 3.77. The van der Waals surface area contributed by atoms with Crippen LogP contribution >= 0.6 is 11.6 Å². The Labute approximate surface area is 139 Å². The first-order valence-corrected chi connectivity index (χ1v) is 7.56. The number of fused-ring (bicyclic) bond motifs is 1. The third kappa shape index (κ3) is 3.43. The van der Waals surface area contributed by atoms with Crippen molar-refractivity contribution < 1.29 is 0 Å². The van der Waals surface area contributed by atoms with Crippen molar-refractivity contribution in [3.63, 3.8) is 0 Å². The summed E-state index contributed by atoms with van der Waals surface area (Å²) in [6, 6.07) is 13.2. The van der Waals surface area contributed by atoms with Crippen LogP contribution in [-0.2, 0) is 0 Å². The number of halogens is 1. The van der Waals surface area contributed by atoms with Gasteiger partial charge in [0, 0.05) is 24.8 Å². The molecule has 0 spiro atoms. The van der Waals surface area contributed by atoms with Crippen LogP contribution in [0.2, 0.25) is 5.02 Å². The maximum Gasteiger partial charge on any atom is 0.259 e. The van der Waals surface area contributed by atoms with Crippen LogP contribution in [0.25, 0.3) is 23.1 Å². The van der Waals surface area contributed by atoms with E-state index in [0.29, 0.717) is 21.7 Å². The average Bonchev–Trinajstić information content (AvgIpc) is 2.53. The zero-order valence-electron chi connectivity index (χ0n) is 12.9. The minimum Gasteiger partial charge on any atom is -0.378 e. The number of hydrogen-bond donors (Lipinski definition) is 1. The molecule has 0 fully saturated rings. The number of benzene rings is 2. The lowest BCUT2D eigenvalue weighted by Gasteiger charge is -2.11. The molecule has 4 nitrogen and oxygen atoms in total. The first kappa shape index (κ1) is 15.3. The molecule has 0 saturated carbocycles. The SMILES string of the molecule is CN(C)c1ccc(C=Cc2nc3cc(Cl)ccc3c(=O)[nH]2)cc1. The van der Waals surface area contributed by atoms with Gasteiger partial charge in [-0.1, -0.05) is 29.8 Å². The van der Waals surface area contributed by atoms with Gasteiger partial charge in [-0.3, -0.25) is 4.79 Å². The van der Waals surface area contributed by atoms with Crippen LogP contribution in [0.1, 0.15) is 11.4 Å². The third-order valence-electron chi connectivity index (χ3n) is 3.53. The molecule has 116 valence electrons. The van der Waals surface area contributed by atoms with E-state index < -0.39 is 0 Å². The van der Waals surface area contributed by atoms with Gasteiger partial charge in [-0.05, 0) is 42.0 Å². The van der Waals surface area contributed by atoms with Gasteiger partial charge in [0.05, 0.1) is 10.9 Å². The van der Waals surface area contributed by atoms with E-state index in [1.165, 1.54) is 0 Å². The van der Waals surface area contributed by atoms with E-state index in [2.05, 4.69) is 9.97 Å². The Kier molecular flexibility index (Phi) is 4.17. The second-order valence-electron chi connectivity index (χ2n) is 5.43. The molecule has 2 aromatic carbocycles. The van der Waals surface area contributed by atoms with Gasteiger partial charge in [0.25, 0.3) is 5.56 Å². The van der Waals surface area contributed by atoms with Crippen LogP contribution in [0.5, 0.6) is 0 Å². The lowest BCUT2D eigenvalue weighted by Crippen LogP contribution is -2.09. The fourth-order valence-corrected chi connectivity index (χ4v) is 2.43. The summed E-state index contributed by atoms with van der Waals surface area (Å²) in [4.78, 5) is 21.3. The smallest absolute Gasteiger partial charge is 0.259 e. The van der Waals surface area contributed by atoms with Crippen molar-refractivity contribution in [2.24, 2.45) is 0 Å². The van der Waals surface area contributed by atoms with Crippen molar-refractivity contribution in [1.82, 2.24) is 9.97 Å². The molecule has 5 heteroatoms. The summed E-state index contributed by atoms with van der Waals surface area (Å²) in [7, 11) is 4.00. The van der Waals surface area contributed by atoms with E-state index >= 15 is 0 Å². The van der Waals surface area contributed by atoms with E-state index in [1.54, 1.807) is 24.3 Å². The van der Waals surface area contributed by atoms with Gasteiger partial charge >= 0.3 is 0 Å². The number of aromatic amines is 1. The van der Waals surface area contributed by atoms with Gasteiger partial charge in [0.1, 0.15) is 5.82 Å². The highest BCUT2D eigenvalue weighted by Crippen LogP contribution is 2.16. The van der Waals surface area contributed by atoms with Crippen LogP contribution < -0.4 is 10.5 Å². The Morgan fingerprint density at radius 3 is 2.52 bits per heavy atom. The quantitative estimate of drug-likeness (QED) is 0.796. The Hall–Kier alpha value is -2.59. The first-order valence-electron chi connectivity index (χ1n) is 7.18. The second-order valence-corrected chi connectivity index (χ2v) is 5.87. The molecule has 1 aromatic heterocycles. The van der Waals surface area contributed by atoms with Gasteiger partial charge in [0.2, 0.25) is 0 Å². The topological polar surface area (TPSA) is 49.0 Å². The van der Waals surface area contributed by atoms with Gasteiger partial charge in [-0.25, -0.2) is 4.98 Å². The number of aromatic nitrogens is 2. The molecule has 0 aliphatic rings. The lowest BCUT2D eigenvalue weighted by molar-refractivity contribution is 1.13. The fourth-order valence-electron chi connectivity index (χ4n) is 2.27. The van der Waals surface area contributed by atoms with Crippen LogP contribution in [0.3, 0.4) is 0 Å². The second kappa shape index (κ2) is 6.26. The van der Waals surface area contributed by atoms with Crippen LogP contribution in [0.15, 0.2) is 47.3 Å². The van der Waals surface area contributed by atoms with Gasteiger partial charge in [-0.2, -0.15) is 0 Å². The molecule has 1 heterocycles. The van der Waals surface area contributed by atoms with E-state index in [0.717, 1.165) is 11.3 Å². The molecule has 3 aromatic rings. The Balaban J connectivity index is 1.93. The molecule has 1 N–H and O–H groups in total. The highest BCUT2D eigenvalue weighted by atomic mass is 35.5. The Morgan fingerprint density at radius 2 is 1.83 bits per heavy atom. The molecule has 0 saturated heterocycles. The normalized spacial score (nSPS) is 11.3. The lowest BCUT2D eigenvalue weighted by atomic mass is 10.2. The number of H-pyrrole nitrogens is 1. The van der Waals surface area contributed by atoms with Gasteiger partial charge in [-0.15, -0.1) is 0 Å². The fraction of sp³-hybridized carbons (Fsp3) is 0.111. The van der Waals surface area contributed by atoms with Gasteiger partial charge < -0.3 is 9.88 Å². The standard InChI is InChI=1S/C18H16ClN3O/c1-22(2)14-7-3-12(4-8-14)5-10-17-20-16-11-13(19)6-9-15(16)18(23)21-17/h3-11H,1-2H3,(H,20,21,23). The molecular formula is C18H16ClN3O. The summed E-state index contributed by atoms with van der Waals surface area (Å²) in [5.41, 5.74) is 2.58. The summed E-state index contributed by atoms with van der Waals surface area (Å²) in [5.74, 6) is 0.501. The summed E-state index contributed by atoms with van der Waals surface area (Å²) in [6.07, 6.45) is 3.69. The molecule has 0 amide bonds. The highest BCUT2D eigenvalue weighted by molar-refractivity contribution is 6.31. The minimum atomic E-state index is -0.172. The van der Waals surface area contributed by atoms with E-state index in [9.17, 15) is 4.79 Å². The number of rotatable bonds is 3. The molecule has 3 rings (SSSR count). The number of hydrogen-bond acceptors (Lipinski definition) is 3. The van der Waals surface area contributed by atoms with E-state index in [1.807, 2.05) is 49.3 Å².